The number of piperazine rings is 1. The number of hydrazine groups is 1. The normalized spacial score (nSPS) is 18.0. The van der Waals surface area contributed by atoms with Crippen LogP contribution in [0.5, 0.6) is 5.75 Å². The van der Waals surface area contributed by atoms with Crippen molar-refractivity contribution in [3.63, 3.8) is 0 Å². The van der Waals surface area contributed by atoms with E-state index in [2.05, 4.69) is 27.9 Å². The SMILES string of the molecule is CCCN(C(=O)NCc1ccc(CI)c(Cl)c1)N1CC(=O)N2[C@@H](Cc3ccc(O)c(N)c3)C(=O)N(Cc3cccc4ccccc34)C[C@@H]21. The largest absolute Gasteiger partial charge is 0.506 e. The third-order valence-corrected chi connectivity index (χ3v) is 10.2. The standard InChI is InChI=1S/C36H38ClIN6O4/c1-2-14-42(36(48)40-19-24-10-12-26(18-38)29(37)15-24)43-22-34(46)44-31(17-23-11-13-32(45)30(39)16-23)35(47)41(21-33(43)44)20-27-8-5-7-25-6-3-4-9-28(25)27/h3-13,15-16,31,33,45H,2,14,17-22,39H2,1H3,(H,40,48)/t31-,33+/m0/s1. The molecule has 4 aromatic carbocycles. The number of aromatic hydroxyl groups is 1. The zero-order chi connectivity index (χ0) is 33.9. The van der Waals surface area contributed by atoms with Gasteiger partial charge in [0.05, 0.1) is 18.8 Å². The van der Waals surface area contributed by atoms with E-state index in [0.29, 0.717) is 24.5 Å². The first-order valence-electron chi connectivity index (χ1n) is 16.0. The highest BCUT2D eigenvalue weighted by Gasteiger charge is 2.52. The zero-order valence-electron chi connectivity index (χ0n) is 26.6. The number of nitrogen functional groups attached to an aromatic ring is 1. The van der Waals surface area contributed by atoms with Gasteiger partial charge in [-0.2, -0.15) is 5.01 Å². The minimum Gasteiger partial charge on any atom is -0.506 e. The van der Waals surface area contributed by atoms with E-state index in [1.54, 1.807) is 32.0 Å². The highest BCUT2D eigenvalue weighted by Crippen LogP contribution is 2.32. The van der Waals surface area contributed by atoms with Crippen LogP contribution in [-0.4, -0.2) is 74.6 Å². The molecule has 0 saturated carbocycles. The molecule has 4 aromatic rings. The molecule has 0 unspecified atom stereocenters. The summed E-state index contributed by atoms with van der Waals surface area (Å²) in [5.41, 5.74) is 9.82. The number of anilines is 1. The van der Waals surface area contributed by atoms with Gasteiger partial charge in [0.25, 0.3) is 0 Å². The highest BCUT2D eigenvalue weighted by molar-refractivity contribution is 14.1. The Bertz CT molecular complexity index is 1850. The van der Waals surface area contributed by atoms with Crippen molar-refractivity contribution in [3.05, 3.63) is 106 Å². The molecule has 10 nitrogen and oxygen atoms in total. The molecule has 4 amide bonds. The van der Waals surface area contributed by atoms with E-state index in [0.717, 1.165) is 37.5 Å². The molecule has 2 fully saturated rings. The molecule has 2 saturated heterocycles. The van der Waals surface area contributed by atoms with E-state index < -0.39 is 12.2 Å². The van der Waals surface area contributed by atoms with Crippen LogP contribution >= 0.6 is 34.2 Å². The summed E-state index contributed by atoms with van der Waals surface area (Å²) in [6, 6.07) is 23.6. The van der Waals surface area contributed by atoms with Gasteiger partial charge in [-0.3, -0.25) is 14.6 Å². The maximum Gasteiger partial charge on any atom is 0.332 e. The van der Waals surface area contributed by atoms with Crippen molar-refractivity contribution < 1.29 is 19.5 Å². The molecule has 0 spiro atoms. The Balaban J connectivity index is 1.30. The minimum atomic E-state index is -0.828. The summed E-state index contributed by atoms with van der Waals surface area (Å²) in [5, 5.41) is 19.2. The Hall–Kier alpha value is -4.07. The monoisotopic (exact) mass is 780 g/mol. The Morgan fingerprint density at radius 3 is 2.56 bits per heavy atom. The fourth-order valence-electron chi connectivity index (χ4n) is 6.62. The fourth-order valence-corrected chi connectivity index (χ4v) is 7.78. The molecule has 0 bridgehead atoms. The van der Waals surface area contributed by atoms with Crippen LogP contribution in [-0.2, 0) is 33.5 Å². The molecule has 0 aliphatic carbocycles. The second-order valence-electron chi connectivity index (χ2n) is 12.2. The van der Waals surface area contributed by atoms with E-state index >= 15 is 0 Å². The summed E-state index contributed by atoms with van der Waals surface area (Å²) in [5.74, 6) is -0.457. The first-order chi connectivity index (χ1) is 23.2. The van der Waals surface area contributed by atoms with Crippen LogP contribution in [0, 0.1) is 0 Å². The Morgan fingerprint density at radius 1 is 1.04 bits per heavy atom. The molecule has 250 valence electrons. The van der Waals surface area contributed by atoms with Gasteiger partial charge in [-0.25, -0.2) is 4.79 Å². The number of hydrogen-bond acceptors (Lipinski definition) is 6. The van der Waals surface area contributed by atoms with Crippen molar-refractivity contribution in [2.75, 3.05) is 25.4 Å². The summed E-state index contributed by atoms with van der Waals surface area (Å²) >= 11 is 8.69. The number of amides is 4. The lowest BCUT2D eigenvalue weighted by atomic mass is 9.98. The highest BCUT2D eigenvalue weighted by atomic mass is 127. The number of benzene rings is 4. The van der Waals surface area contributed by atoms with Crippen LogP contribution in [0.1, 0.15) is 35.6 Å². The third-order valence-electron chi connectivity index (χ3n) is 9.01. The molecule has 2 aliphatic rings. The predicted molar refractivity (Wildman–Crippen MR) is 195 cm³/mol. The van der Waals surface area contributed by atoms with Crippen molar-refractivity contribution >= 4 is 68.5 Å². The van der Waals surface area contributed by atoms with E-state index in [1.807, 2.05) is 67.6 Å². The van der Waals surface area contributed by atoms with E-state index in [9.17, 15) is 19.5 Å². The number of nitrogens with zero attached hydrogens (tertiary/aromatic N) is 4. The summed E-state index contributed by atoms with van der Waals surface area (Å²) in [7, 11) is 0. The first-order valence-corrected chi connectivity index (χ1v) is 17.9. The van der Waals surface area contributed by atoms with E-state index in [4.69, 9.17) is 17.3 Å². The number of carbonyl (C=O) groups is 3. The van der Waals surface area contributed by atoms with Crippen molar-refractivity contribution in [3.8, 4) is 5.75 Å². The number of nitrogens with two attached hydrogens (primary N) is 1. The Morgan fingerprint density at radius 2 is 1.81 bits per heavy atom. The molecule has 2 atom stereocenters. The maximum absolute atomic E-state index is 14.3. The van der Waals surface area contributed by atoms with Crippen LogP contribution in [0.4, 0.5) is 10.5 Å². The van der Waals surface area contributed by atoms with Crippen molar-refractivity contribution in [2.24, 2.45) is 0 Å². The molecule has 2 heterocycles. The quantitative estimate of drug-likeness (QED) is 0.0825. The van der Waals surface area contributed by atoms with Gasteiger partial charge in [-0.15, -0.1) is 0 Å². The van der Waals surface area contributed by atoms with Gasteiger partial charge in [0, 0.05) is 35.5 Å². The van der Waals surface area contributed by atoms with Crippen LogP contribution in [0.25, 0.3) is 10.8 Å². The number of alkyl halides is 1. The van der Waals surface area contributed by atoms with Crippen molar-refractivity contribution in [1.82, 2.24) is 25.1 Å². The average Bonchev–Trinajstić information content (AvgIpc) is 3.41. The number of urea groups is 1. The summed E-state index contributed by atoms with van der Waals surface area (Å²) in [6.45, 7) is 3.16. The second-order valence-corrected chi connectivity index (χ2v) is 13.4. The topological polar surface area (TPSA) is 122 Å². The molecule has 48 heavy (non-hydrogen) atoms. The average molecular weight is 781 g/mol. The molecule has 0 radical (unpaired) electrons. The van der Waals surface area contributed by atoms with Crippen molar-refractivity contribution in [2.45, 2.75) is 49.5 Å². The second kappa shape index (κ2) is 14.6. The molecule has 4 N–H and O–H groups in total. The summed E-state index contributed by atoms with van der Waals surface area (Å²) < 4.78 is 0.787. The fraction of sp³-hybridized carbons (Fsp3) is 0.306. The Kier molecular flexibility index (Phi) is 10.3. The molecule has 6 rings (SSSR count). The first kappa shape index (κ1) is 33.8. The molecular weight excluding hydrogens is 743 g/mol. The van der Waals surface area contributed by atoms with Gasteiger partial charge in [-0.05, 0) is 57.6 Å². The van der Waals surface area contributed by atoms with E-state index in [-0.39, 0.29) is 55.3 Å². The van der Waals surface area contributed by atoms with E-state index in [1.165, 1.54) is 6.07 Å². The van der Waals surface area contributed by atoms with Gasteiger partial charge in [0.15, 0.2) is 0 Å². The molecule has 12 heteroatoms. The van der Waals surface area contributed by atoms with Crippen LogP contribution in [0.3, 0.4) is 0 Å². The van der Waals surface area contributed by atoms with Gasteiger partial charge < -0.3 is 26.0 Å². The third kappa shape index (κ3) is 6.90. The number of halogens is 2. The summed E-state index contributed by atoms with van der Waals surface area (Å²) in [6.07, 6.45) is 0.300. The lowest BCUT2D eigenvalue weighted by Crippen LogP contribution is -2.66. The summed E-state index contributed by atoms with van der Waals surface area (Å²) in [4.78, 5) is 45.3. The number of nitrogens with one attached hydrogen (secondary N) is 1. The molecular formula is C36H38ClIN6O4. The molecule has 0 aromatic heterocycles. The number of carbonyl (C=O) groups excluding carboxylic acids is 3. The number of fused-ring (bicyclic) bond motifs is 2. The maximum atomic E-state index is 14.3. The van der Waals surface area contributed by atoms with Crippen LogP contribution < -0.4 is 11.1 Å². The van der Waals surface area contributed by atoms with Crippen LogP contribution in [0.2, 0.25) is 5.02 Å². The van der Waals surface area contributed by atoms with Gasteiger partial charge in [0.2, 0.25) is 11.8 Å². The molecule has 2 aliphatic heterocycles. The van der Waals surface area contributed by atoms with Gasteiger partial charge in [-0.1, -0.05) is 102 Å². The lowest BCUT2D eigenvalue weighted by molar-refractivity contribution is -0.157. The van der Waals surface area contributed by atoms with Gasteiger partial charge >= 0.3 is 6.03 Å². The number of rotatable bonds is 10. The number of phenols is 1. The van der Waals surface area contributed by atoms with Gasteiger partial charge in [0.1, 0.15) is 18.0 Å². The van der Waals surface area contributed by atoms with Crippen LogP contribution in [0.15, 0.2) is 78.9 Å². The smallest absolute Gasteiger partial charge is 0.332 e. The zero-order valence-corrected chi connectivity index (χ0v) is 29.5. The minimum absolute atomic E-state index is 0.0438. The lowest BCUT2D eigenvalue weighted by Gasteiger charge is -2.46. The number of phenolic OH excluding ortho intramolecular Hbond substituents is 1. The predicted octanol–water partition coefficient (Wildman–Crippen LogP) is 5.68. The Labute approximate surface area is 298 Å². The van der Waals surface area contributed by atoms with Crippen molar-refractivity contribution in [1.29, 1.82) is 0 Å². The number of hydrogen-bond donors (Lipinski definition) is 3.